The number of pyridine rings is 1. The Balaban J connectivity index is 2.23. The molecule has 1 aromatic heterocycles. The lowest BCUT2D eigenvalue weighted by Crippen LogP contribution is -2.12. The second-order valence-electron chi connectivity index (χ2n) is 4.25. The monoisotopic (exact) mass is 254 g/mol. The maximum atomic E-state index is 11.8. The largest absolute Gasteiger partial charge is 0.454 e. The molecule has 0 radical (unpaired) electrons. The van der Waals surface area contributed by atoms with E-state index in [9.17, 15) is 4.79 Å². The third kappa shape index (κ3) is 1.83. The van der Waals surface area contributed by atoms with Gasteiger partial charge in [0.2, 0.25) is 6.79 Å². The van der Waals surface area contributed by atoms with Crippen molar-refractivity contribution in [3.05, 3.63) is 45.9 Å². The fourth-order valence-electron chi connectivity index (χ4n) is 2.09. The highest BCUT2D eigenvalue weighted by atomic mass is 16.7. The van der Waals surface area contributed by atoms with Crippen LogP contribution in [-0.4, -0.2) is 11.8 Å². The molecule has 19 heavy (non-hydrogen) atoms. The van der Waals surface area contributed by atoms with Gasteiger partial charge in [-0.25, -0.2) is 0 Å². The molecule has 2 heterocycles. The third-order valence-corrected chi connectivity index (χ3v) is 2.96. The molecule has 0 unspecified atom stereocenters. The van der Waals surface area contributed by atoms with Gasteiger partial charge in [-0.3, -0.25) is 4.79 Å². The van der Waals surface area contributed by atoms with Crippen molar-refractivity contribution in [3.8, 4) is 28.7 Å². The van der Waals surface area contributed by atoms with E-state index in [4.69, 9.17) is 14.7 Å². The summed E-state index contributed by atoms with van der Waals surface area (Å²) in [7, 11) is 0. The molecular formula is C14H10N2O3. The van der Waals surface area contributed by atoms with Crippen LogP contribution in [0.1, 0.15) is 11.3 Å². The lowest BCUT2D eigenvalue weighted by Gasteiger charge is -2.06. The first-order valence-corrected chi connectivity index (χ1v) is 5.73. The summed E-state index contributed by atoms with van der Waals surface area (Å²) in [6.45, 7) is 1.97. The van der Waals surface area contributed by atoms with Gasteiger partial charge in [-0.05, 0) is 30.7 Å². The van der Waals surface area contributed by atoms with Gasteiger partial charge in [0.25, 0.3) is 5.56 Å². The number of aromatic amines is 1. The number of hydrogen-bond donors (Lipinski definition) is 1. The summed E-state index contributed by atoms with van der Waals surface area (Å²) in [6, 6.07) is 9.07. The van der Waals surface area contributed by atoms with Crippen molar-refractivity contribution in [2.45, 2.75) is 6.92 Å². The first-order valence-electron chi connectivity index (χ1n) is 5.73. The number of benzene rings is 1. The predicted molar refractivity (Wildman–Crippen MR) is 68.1 cm³/mol. The SMILES string of the molecule is Cc1cc(-c2ccc3c(c2)OCO3)c(C#N)c(=O)[nH]1. The molecule has 3 rings (SSSR count). The number of aromatic nitrogens is 1. The van der Waals surface area contributed by atoms with Gasteiger partial charge in [-0.2, -0.15) is 5.26 Å². The predicted octanol–water partition coefficient (Wildman–Crippen LogP) is 1.95. The highest BCUT2D eigenvalue weighted by molar-refractivity contribution is 5.72. The van der Waals surface area contributed by atoms with Crippen LogP contribution in [-0.2, 0) is 0 Å². The average Bonchev–Trinajstić information content (AvgIpc) is 2.85. The quantitative estimate of drug-likeness (QED) is 0.844. The van der Waals surface area contributed by atoms with Crippen LogP contribution in [0.3, 0.4) is 0 Å². The van der Waals surface area contributed by atoms with Crippen LogP contribution < -0.4 is 15.0 Å². The summed E-state index contributed by atoms with van der Waals surface area (Å²) in [6.07, 6.45) is 0. The van der Waals surface area contributed by atoms with Gasteiger partial charge in [0.15, 0.2) is 11.5 Å². The highest BCUT2D eigenvalue weighted by Crippen LogP contribution is 2.36. The minimum absolute atomic E-state index is 0.101. The van der Waals surface area contributed by atoms with Crippen molar-refractivity contribution < 1.29 is 9.47 Å². The van der Waals surface area contributed by atoms with Crippen LogP contribution >= 0.6 is 0 Å². The number of fused-ring (bicyclic) bond motifs is 1. The Bertz CT molecular complexity index is 756. The van der Waals surface area contributed by atoms with E-state index in [2.05, 4.69) is 4.98 Å². The van der Waals surface area contributed by atoms with Crippen LogP contribution in [0.15, 0.2) is 29.1 Å². The Morgan fingerprint density at radius 3 is 2.84 bits per heavy atom. The highest BCUT2D eigenvalue weighted by Gasteiger charge is 2.16. The van der Waals surface area contributed by atoms with Crippen molar-refractivity contribution in [3.63, 3.8) is 0 Å². The van der Waals surface area contributed by atoms with Crippen LogP contribution in [0.5, 0.6) is 11.5 Å². The maximum Gasteiger partial charge on any atom is 0.266 e. The number of hydrogen-bond acceptors (Lipinski definition) is 4. The number of nitrogens with one attached hydrogen (secondary N) is 1. The molecule has 0 aliphatic carbocycles. The summed E-state index contributed by atoms with van der Waals surface area (Å²) in [5.74, 6) is 1.29. The maximum absolute atomic E-state index is 11.8. The summed E-state index contributed by atoms with van der Waals surface area (Å²) < 4.78 is 10.5. The molecule has 1 aliphatic rings. The fourth-order valence-corrected chi connectivity index (χ4v) is 2.09. The van der Waals surface area contributed by atoms with Crippen molar-refractivity contribution >= 4 is 0 Å². The number of H-pyrrole nitrogens is 1. The Morgan fingerprint density at radius 1 is 1.26 bits per heavy atom. The van der Waals surface area contributed by atoms with Crippen molar-refractivity contribution in [1.29, 1.82) is 5.26 Å². The van der Waals surface area contributed by atoms with E-state index in [-0.39, 0.29) is 17.9 Å². The van der Waals surface area contributed by atoms with Gasteiger partial charge in [0.1, 0.15) is 11.6 Å². The number of aryl methyl sites for hydroxylation is 1. The van der Waals surface area contributed by atoms with Gasteiger partial charge in [-0.1, -0.05) is 6.07 Å². The lowest BCUT2D eigenvalue weighted by molar-refractivity contribution is 0.174. The molecule has 1 aromatic carbocycles. The van der Waals surface area contributed by atoms with Crippen LogP contribution in [0.25, 0.3) is 11.1 Å². The Hall–Kier alpha value is -2.74. The summed E-state index contributed by atoms with van der Waals surface area (Å²) in [5, 5.41) is 9.12. The van der Waals surface area contributed by atoms with Gasteiger partial charge < -0.3 is 14.5 Å². The Kier molecular flexibility index (Phi) is 2.50. The van der Waals surface area contributed by atoms with E-state index in [1.165, 1.54) is 0 Å². The molecule has 0 atom stereocenters. The van der Waals surface area contributed by atoms with Crippen molar-refractivity contribution in [2.75, 3.05) is 6.79 Å². The molecule has 1 N–H and O–H groups in total. The van der Waals surface area contributed by atoms with E-state index in [1.807, 2.05) is 12.1 Å². The molecule has 0 saturated carbocycles. The zero-order valence-electron chi connectivity index (χ0n) is 10.2. The van der Waals surface area contributed by atoms with E-state index < -0.39 is 0 Å². The molecule has 5 heteroatoms. The van der Waals surface area contributed by atoms with Gasteiger partial charge in [-0.15, -0.1) is 0 Å². The first kappa shape index (κ1) is 11.4. The zero-order chi connectivity index (χ0) is 13.4. The molecule has 2 aromatic rings. The smallest absolute Gasteiger partial charge is 0.266 e. The normalized spacial score (nSPS) is 12.2. The minimum atomic E-state index is -0.379. The molecule has 0 bridgehead atoms. The number of ether oxygens (including phenoxy) is 2. The van der Waals surface area contributed by atoms with Crippen LogP contribution in [0.4, 0.5) is 0 Å². The van der Waals surface area contributed by atoms with E-state index in [1.54, 1.807) is 25.1 Å². The third-order valence-electron chi connectivity index (χ3n) is 2.96. The summed E-state index contributed by atoms with van der Waals surface area (Å²) >= 11 is 0. The van der Waals surface area contributed by atoms with Gasteiger partial charge >= 0.3 is 0 Å². The molecule has 94 valence electrons. The van der Waals surface area contributed by atoms with Crippen molar-refractivity contribution in [1.82, 2.24) is 4.98 Å². The Morgan fingerprint density at radius 2 is 2.05 bits per heavy atom. The fraction of sp³-hybridized carbons (Fsp3) is 0.143. The molecule has 0 fully saturated rings. The Labute approximate surface area is 109 Å². The van der Waals surface area contributed by atoms with E-state index in [0.29, 0.717) is 22.8 Å². The average molecular weight is 254 g/mol. The number of rotatable bonds is 1. The number of nitriles is 1. The lowest BCUT2D eigenvalue weighted by atomic mass is 10.0. The molecule has 0 saturated heterocycles. The number of nitrogens with zero attached hydrogens (tertiary/aromatic N) is 1. The zero-order valence-corrected chi connectivity index (χ0v) is 10.2. The van der Waals surface area contributed by atoms with E-state index in [0.717, 1.165) is 5.56 Å². The molecular weight excluding hydrogens is 244 g/mol. The molecule has 0 amide bonds. The van der Waals surface area contributed by atoms with Crippen molar-refractivity contribution in [2.24, 2.45) is 0 Å². The van der Waals surface area contributed by atoms with E-state index >= 15 is 0 Å². The van der Waals surface area contributed by atoms with Crippen LogP contribution in [0, 0.1) is 18.3 Å². The minimum Gasteiger partial charge on any atom is -0.454 e. The molecule has 1 aliphatic heterocycles. The summed E-state index contributed by atoms with van der Waals surface area (Å²) in [4.78, 5) is 14.4. The second kappa shape index (κ2) is 4.18. The van der Waals surface area contributed by atoms with Gasteiger partial charge in [0, 0.05) is 11.3 Å². The van der Waals surface area contributed by atoms with Crippen LogP contribution in [0.2, 0.25) is 0 Å². The standard InChI is InChI=1S/C14H10N2O3/c1-8-4-10(11(6-15)14(17)16-8)9-2-3-12-13(5-9)19-7-18-12/h2-5H,7H2,1H3,(H,16,17). The first-order chi connectivity index (χ1) is 9.19. The second-order valence-corrected chi connectivity index (χ2v) is 4.25. The molecule has 5 nitrogen and oxygen atoms in total. The molecule has 0 spiro atoms. The topological polar surface area (TPSA) is 75.1 Å². The summed E-state index contributed by atoms with van der Waals surface area (Å²) in [5.41, 5.74) is 1.79. The van der Waals surface area contributed by atoms with Gasteiger partial charge in [0.05, 0.1) is 0 Å².